The van der Waals surface area contributed by atoms with Gasteiger partial charge in [0.25, 0.3) is 0 Å². The molecule has 2 unspecified atom stereocenters. The number of hydrogen-bond donors (Lipinski definition) is 1. The number of ether oxygens (including phenoxy) is 1. The third kappa shape index (κ3) is 2.74. The molecule has 0 spiro atoms. The van der Waals surface area contributed by atoms with E-state index in [0.717, 1.165) is 11.3 Å². The Morgan fingerprint density at radius 1 is 1.36 bits per heavy atom. The predicted molar refractivity (Wildman–Crippen MR) is 57.6 cm³/mol. The summed E-state index contributed by atoms with van der Waals surface area (Å²) in [5.41, 5.74) is 1.10. The Labute approximate surface area is 85.5 Å². The van der Waals surface area contributed by atoms with Gasteiger partial charge in [0.15, 0.2) is 0 Å². The Morgan fingerprint density at radius 2 is 2.00 bits per heavy atom. The maximum absolute atomic E-state index is 9.55. The summed E-state index contributed by atoms with van der Waals surface area (Å²) < 4.78 is 5.65. The van der Waals surface area contributed by atoms with Crippen molar-refractivity contribution in [2.24, 2.45) is 0 Å². The monoisotopic (exact) mass is 194 g/mol. The van der Waals surface area contributed by atoms with Crippen LogP contribution in [0.3, 0.4) is 0 Å². The lowest BCUT2D eigenvalue weighted by atomic mass is 10.1. The van der Waals surface area contributed by atoms with E-state index in [2.05, 4.69) is 0 Å². The van der Waals surface area contributed by atoms with Crippen LogP contribution in [-0.4, -0.2) is 17.3 Å². The molecule has 2 atom stereocenters. The number of rotatable bonds is 4. The standard InChI is InChI=1S/C12H18O2/c1-4-11(13)10(3)14-12-8-6-5-7-9(12)2/h5-8,10-11,13H,4H2,1-3H3. The number of aryl methyl sites for hydroxylation is 1. The summed E-state index contributed by atoms with van der Waals surface area (Å²) in [6.45, 7) is 5.84. The second-order valence-corrected chi connectivity index (χ2v) is 3.56. The summed E-state index contributed by atoms with van der Waals surface area (Å²) in [7, 11) is 0. The summed E-state index contributed by atoms with van der Waals surface area (Å²) in [5.74, 6) is 0.854. The first kappa shape index (κ1) is 11.1. The van der Waals surface area contributed by atoms with Crippen LogP contribution in [0.2, 0.25) is 0 Å². The highest BCUT2D eigenvalue weighted by Gasteiger charge is 2.13. The van der Waals surface area contributed by atoms with Crippen LogP contribution in [0.4, 0.5) is 0 Å². The van der Waals surface area contributed by atoms with E-state index in [0.29, 0.717) is 6.42 Å². The fraction of sp³-hybridized carbons (Fsp3) is 0.500. The zero-order valence-corrected chi connectivity index (χ0v) is 9.03. The van der Waals surface area contributed by atoms with Crippen LogP contribution in [0.5, 0.6) is 5.75 Å². The van der Waals surface area contributed by atoms with Gasteiger partial charge in [0, 0.05) is 0 Å². The number of aliphatic hydroxyl groups excluding tert-OH is 1. The van der Waals surface area contributed by atoms with Crippen LogP contribution in [0.25, 0.3) is 0 Å². The van der Waals surface area contributed by atoms with Crippen molar-refractivity contribution in [1.29, 1.82) is 0 Å². The Bertz CT molecular complexity index is 283. The summed E-state index contributed by atoms with van der Waals surface area (Å²) in [6, 6.07) is 7.84. The zero-order chi connectivity index (χ0) is 10.6. The largest absolute Gasteiger partial charge is 0.488 e. The van der Waals surface area contributed by atoms with E-state index in [1.165, 1.54) is 0 Å². The van der Waals surface area contributed by atoms with Gasteiger partial charge in [0.2, 0.25) is 0 Å². The van der Waals surface area contributed by atoms with E-state index in [9.17, 15) is 5.11 Å². The maximum atomic E-state index is 9.55. The molecule has 0 fully saturated rings. The first-order chi connectivity index (χ1) is 6.65. The summed E-state index contributed by atoms with van der Waals surface area (Å²) in [5, 5.41) is 9.55. The summed E-state index contributed by atoms with van der Waals surface area (Å²) >= 11 is 0. The zero-order valence-electron chi connectivity index (χ0n) is 9.03. The molecule has 0 aliphatic rings. The average Bonchev–Trinajstić information content (AvgIpc) is 2.20. The van der Waals surface area contributed by atoms with Gasteiger partial charge < -0.3 is 9.84 Å². The van der Waals surface area contributed by atoms with Crippen molar-refractivity contribution in [3.05, 3.63) is 29.8 Å². The minimum absolute atomic E-state index is 0.152. The van der Waals surface area contributed by atoms with Gasteiger partial charge in [-0.05, 0) is 31.9 Å². The molecule has 0 saturated heterocycles. The third-order valence-electron chi connectivity index (χ3n) is 2.37. The van der Waals surface area contributed by atoms with Gasteiger partial charge in [0.1, 0.15) is 11.9 Å². The molecule has 0 aliphatic carbocycles. The van der Waals surface area contributed by atoms with Crippen LogP contribution < -0.4 is 4.74 Å². The van der Waals surface area contributed by atoms with Crippen LogP contribution in [-0.2, 0) is 0 Å². The number of benzene rings is 1. The molecule has 78 valence electrons. The normalized spacial score (nSPS) is 14.9. The van der Waals surface area contributed by atoms with Gasteiger partial charge in [-0.1, -0.05) is 25.1 Å². The van der Waals surface area contributed by atoms with E-state index >= 15 is 0 Å². The van der Waals surface area contributed by atoms with E-state index in [1.807, 2.05) is 45.0 Å². The van der Waals surface area contributed by atoms with Gasteiger partial charge >= 0.3 is 0 Å². The first-order valence-corrected chi connectivity index (χ1v) is 5.05. The highest BCUT2D eigenvalue weighted by atomic mass is 16.5. The first-order valence-electron chi connectivity index (χ1n) is 5.05. The molecule has 2 nitrogen and oxygen atoms in total. The molecule has 1 aromatic rings. The molecule has 0 aliphatic heterocycles. The second-order valence-electron chi connectivity index (χ2n) is 3.56. The topological polar surface area (TPSA) is 29.5 Å². The average molecular weight is 194 g/mol. The van der Waals surface area contributed by atoms with Crippen LogP contribution in [0.1, 0.15) is 25.8 Å². The van der Waals surface area contributed by atoms with Gasteiger partial charge in [-0.2, -0.15) is 0 Å². The summed E-state index contributed by atoms with van der Waals surface area (Å²) in [6.07, 6.45) is 0.170. The molecule has 0 bridgehead atoms. The lowest BCUT2D eigenvalue weighted by Crippen LogP contribution is -2.28. The van der Waals surface area contributed by atoms with Gasteiger partial charge in [0.05, 0.1) is 6.10 Å². The van der Waals surface area contributed by atoms with Crippen molar-refractivity contribution in [1.82, 2.24) is 0 Å². The van der Waals surface area contributed by atoms with E-state index in [1.54, 1.807) is 0 Å². The maximum Gasteiger partial charge on any atom is 0.122 e. The van der Waals surface area contributed by atoms with E-state index in [-0.39, 0.29) is 6.10 Å². The van der Waals surface area contributed by atoms with Crippen molar-refractivity contribution < 1.29 is 9.84 Å². The molecule has 0 heterocycles. The molecule has 1 rings (SSSR count). The van der Waals surface area contributed by atoms with Crippen molar-refractivity contribution in [2.45, 2.75) is 39.4 Å². The lowest BCUT2D eigenvalue weighted by Gasteiger charge is -2.20. The Balaban J connectivity index is 2.64. The van der Waals surface area contributed by atoms with Crippen LogP contribution in [0, 0.1) is 6.92 Å². The fourth-order valence-electron chi connectivity index (χ4n) is 1.30. The highest BCUT2D eigenvalue weighted by molar-refractivity contribution is 5.31. The quantitative estimate of drug-likeness (QED) is 0.798. The van der Waals surface area contributed by atoms with E-state index in [4.69, 9.17) is 4.74 Å². The van der Waals surface area contributed by atoms with Gasteiger partial charge in [-0.3, -0.25) is 0 Å². The number of aliphatic hydroxyl groups is 1. The molecular formula is C12H18O2. The Morgan fingerprint density at radius 3 is 2.57 bits per heavy atom. The number of hydrogen-bond acceptors (Lipinski definition) is 2. The summed E-state index contributed by atoms with van der Waals surface area (Å²) in [4.78, 5) is 0. The van der Waals surface area contributed by atoms with Crippen molar-refractivity contribution in [2.75, 3.05) is 0 Å². The minimum atomic E-state index is -0.394. The van der Waals surface area contributed by atoms with E-state index < -0.39 is 6.10 Å². The fourth-order valence-corrected chi connectivity index (χ4v) is 1.30. The molecule has 1 aromatic carbocycles. The SMILES string of the molecule is CCC(O)C(C)Oc1ccccc1C. The van der Waals surface area contributed by atoms with Crippen LogP contribution >= 0.6 is 0 Å². The molecule has 0 amide bonds. The molecule has 1 N–H and O–H groups in total. The molecular weight excluding hydrogens is 176 g/mol. The van der Waals surface area contributed by atoms with Gasteiger partial charge in [-0.15, -0.1) is 0 Å². The van der Waals surface area contributed by atoms with Gasteiger partial charge in [-0.25, -0.2) is 0 Å². The van der Waals surface area contributed by atoms with Crippen molar-refractivity contribution in [3.8, 4) is 5.75 Å². The predicted octanol–water partition coefficient (Wildman–Crippen LogP) is 2.53. The molecule has 14 heavy (non-hydrogen) atoms. The Kier molecular flexibility index (Phi) is 3.96. The van der Waals surface area contributed by atoms with Crippen LogP contribution in [0.15, 0.2) is 24.3 Å². The molecule has 0 aromatic heterocycles. The minimum Gasteiger partial charge on any atom is -0.488 e. The number of para-hydroxylation sites is 1. The lowest BCUT2D eigenvalue weighted by molar-refractivity contribution is 0.0447. The van der Waals surface area contributed by atoms with Crippen molar-refractivity contribution >= 4 is 0 Å². The molecule has 0 saturated carbocycles. The molecule has 2 heteroatoms. The van der Waals surface area contributed by atoms with Crippen molar-refractivity contribution in [3.63, 3.8) is 0 Å². The second kappa shape index (κ2) is 5.01. The third-order valence-corrected chi connectivity index (χ3v) is 2.37. The highest BCUT2D eigenvalue weighted by Crippen LogP contribution is 2.19. The Hall–Kier alpha value is -1.02. The molecule has 0 radical (unpaired) electrons. The smallest absolute Gasteiger partial charge is 0.122 e.